The molecule has 2 heterocycles. The molecule has 3 rings (SSSR count). The van der Waals surface area contributed by atoms with Gasteiger partial charge >= 0.3 is 6.09 Å². The average Bonchev–Trinajstić information content (AvgIpc) is 3.00. The second kappa shape index (κ2) is 6.87. The molecule has 0 fully saturated rings. The van der Waals surface area contributed by atoms with Crippen molar-refractivity contribution >= 4 is 11.9 Å². The zero-order chi connectivity index (χ0) is 18.7. The third-order valence-electron chi connectivity index (χ3n) is 3.67. The molecule has 26 heavy (non-hydrogen) atoms. The molecule has 7 heteroatoms. The number of carbonyl (C=O) groups excluding carboxylic acids is 1. The Bertz CT molecular complexity index is 948. The molecule has 0 atom stereocenters. The van der Waals surface area contributed by atoms with Gasteiger partial charge in [-0.2, -0.15) is 5.10 Å². The first kappa shape index (κ1) is 17.5. The van der Waals surface area contributed by atoms with E-state index >= 15 is 0 Å². The number of ether oxygens (including phenoxy) is 1. The molecule has 0 aliphatic rings. The van der Waals surface area contributed by atoms with E-state index in [-0.39, 0.29) is 11.0 Å². The van der Waals surface area contributed by atoms with E-state index in [1.165, 1.54) is 12.3 Å². The van der Waals surface area contributed by atoms with Crippen molar-refractivity contribution in [2.24, 2.45) is 0 Å². The number of para-hydroxylation sites is 1. The Hall–Kier alpha value is -3.35. The fourth-order valence-corrected chi connectivity index (χ4v) is 2.29. The number of benzene rings is 1. The summed E-state index contributed by atoms with van der Waals surface area (Å²) in [4.78, 5) is 26.2. The summed E-state index contributed by atoms with van der Waals surface area (Å²) in [5.74, 6) is 0.888. The quantitative estimate of drug-likeness (QED) is 0.755. The van der Waals surface area contributed by atoms with E-state index in [0.29, 0.717) is 17.3 Å². The van der Waals surface area contributed by atoms with Crippen LogP contribution in [0, 0.1) is 0 Å². The summed E-state index contributed by atoms with van der Waals surface area (Å²) in [7, 11) is 0. The standard InChI is InChI=1S/C19H20N4O3/c1-19(2,3)15-11-16(21-18(25)26-14-7-5-4-6-8-14)23(22-15)13-9-10-17(24)20-12-13/h4-12H,1-3H3,(H,20,24)(H,21,25). The molecule has 2 aromatic heterocycles. The van der Waals surface area contributed by atoms with Gasteiger partial charge in [-0.3, -0.25) is 10.1 Å². The molecule has 0 spiro atoms. The maximum absolute atomic E-state index is 12.2. The molecular formula is C19H20N4O3. The lowest BCUT2D eigenvalue weighted by Gasteiger charge is -2.14. The van der Waals surface area contributed by atoms with E-state index in [2.05, 4.69) is 15.4 Å². The number of hydrogen-bond acceptors (Lipinski definition) is 4. The summed E-state index contributed by atoms with van der Waals surface area (Å²) < 4.78 is 6.83. The number of anilines is 1. The predicted octanol–water partition coefficient (Wildman–Crippen LogP) is 3.47. The summed E-state index contributed by atoms with van der Waals surface area (Å²) in [6.07, 6.45) is 0.914. The Labute approximate surface area is 150 Å². The molecule has 7 nitrogen and oxygen atoms in total. The smallest absolute Gasteiger partial charge is 0.410 e. The van der Waals surface area contributed by atoms with Crippen molar-refractivity contribution < 1.29 is 9.53 Å². The molecule has 1 aromatic carbocycles. The van der Waals surface area contributed by atoms with Gasteiger partial charge in [0, 0.05) is 23.7 Å². The molecule has 0 unspecified atom stereocenters. The first-order valence-corrected chi connectivity index (χ1v) is 8.16. The highest BCUT2D eigenvalue weighted by atomic mass is 16.6. The second-order valence-corrected chi connectivity index (χ2v) is 6.82. The summed E-state index contributed by atoms with van der Waals surface area (Å²) in [6.45, 7) is 6.08. The lowest BCUT2D eigenvalue weighted by atomic mass is 9.92. The van der Waals surface area contributed by atoms with Crippen LogP contribution < -0.4 is 15.6 Å². The van der Waals surface area contributed by atoms with Gasteiger partial charge in [0.15, 0.2) is 0 Å². The maximum atomic E-state index is 12.2. The number of hydrogen-bond donors (Lipinski definition) is 2. The number of nitrogens with one attached hydrogen (secondary N) is 2. The van der Waals surface area contributed by atoms with Crippen LogP contribution in [-0.2, 0) is 5.41 Å². The summed E-state index contributed by atoms with van der Waals surface area (Å²) in [5.41, 5.74) is 0.983. The van der Waals surface area contributed by atoms with Crippen LogP contribution in [0.4, 0.5) is 10.6 Å². The van der Waals surface area contributed by atoms with Gasteiger partial charge in [-0.15, -0.1) is 0 Å². The Morgan fingerprint density at radius 1 is 1.15 bits per heavy atom. The number of aromatic amines is 1. The van der Waals surface area contributed by atoms with Crippen LogP contribution in [0.25, 0.3) is 5.69 Å². The molecule has 2 N–H and O–H groups in total. The minimum absolute atomic E-state index is 0.213. The third-order valence-corrected chi connectivity index (χ3v) is 3.67. The fraction of sp³-hybridized carbons (Fsp3) is 0.211. The molecule has 0 radical (unpaired) electrons. The highest BCUT2D eigenvalue weighted by molar-refractivity contribution is 5.85. The van der Waals surface area contributed by atoms with Gasteiger partial charge in [0.05, 0.1) is 11.4 Å². The van der Waals surface area contributed by atoms with Crippen LogP contribution in [0.1, 0.15) is 26.5 Å². The van der Waals surface area contributed by atoms with Crippen LogP contribution in [0.5, 0.6) is 5.75 Å². The van der Waals surface area contributed by atoms with Crippen molar-refractivity contribution in [1.29, 1.82) is 0 Å². The van der Waals surface area contributed by atoms with Crippen molar-refractivity contribution in [3.05, 3.63) is 70.8 Å². The van der Waals surface area contributed by atoms with E-state index in [1.807, 2.05) is 26.8 Å². The molecule has 0 saturated heterocycles. The van der Waals surface area contributed by atoms with E-state index < -0.39 is 6.09 Å². The first-order chi connectivity index (χ1) is 12.3. The topological polar surface area (TPSA) is 89.0 Å². The van der Waals surface area contributed by atoms with Gasteiger partial charge < -0.3 is 9.72 Å². The van der Waals surface area contributed by atoms with Crippen molar-refractivity contribution in [1.82, 2.24) is 14.8 Å². The second-order valence-electron chi connectivity index (χ2n) is 6.82. The van der Waals surface area contributed by atoms with Gasteiger partial charge in [-0.1, -0.05) is 39.0 Å². The number of nitrogens with zero attached hydrogens (tertiary/aromatic N) is 2. The van der Waals surface area contributed by atoms with E-state index in [0.717, 1.165) is 5.69 Å². The molecule has 0 aliphatic carbocycles. The Morgan fingerprint density at radius 3 is 2.50 bits per heavy atom. The normalized spacial score (nSPS) is 11.2. The molecule has 3 aromatic rings. The zero-order valence-corrected chi connectivity index (χ0v) is 14.8. The number of pyridine rings is 1. The Kier molecular flexibility index (Phi) is 4.62. The van der Waals surface area contributed by atoms with Crippen LogP contribution in [-0.4, -0.2) is 20.9 Å². The van der Waals surface area contributed by atoms with E-state index in [4.69, 9.17) is 4.74 Å². The van der Waals surface area contributed by atoms with Crippen LogP contribution in [0.3, 0.4) is 0 Å². The predicted molar refractivity (Wildman–Crippen MR) is 99.0 cm³/mol. The summed E-state index contributed by atoms with van der Waals surface area (Å²) in [6, 6.07) is 13.6. The highest BCUT2D eigenvalue weighted by Gasteiger charge is 2.22. The van der Waals surface area contributed by atoms with E-state index in [9.17, 15) is 9.59 Å². The number of aromatic nitrogens is 3. The van der Waals surface area contributed by atoms with Gasteiger partial charge in [0.25, 0.3) is 0 Å². The van der Waals surface area contributed by atoms with Crippen LogP contribution in [0.15, 0.2) is 59.5 Å². The largest absolute Gasteiger partial charge is 0.418 e. The van der Waals surface area contributed by atoms with Gasteiger partial charge in [-0.05, 0) is 18.2 Å². The minimum Gasteiger partial charge on any atom is -0.410 e. The number of H-pyrrole nitrogens is 1. The Balaban J connectivity index is 1.91. The lowest BCUT2D eigenvalue weighted by Crippen LogP contribution is -2.19. The van der Waals surface area contributed by atoms with Crippen LogP contribution >= 0.6 is 0 Å². The van der Waals surface area contributed by atoms with Crippen molar-refractivity contribution in [2.45, 2.75) is 26.2 Å². The van der Waals surface area contributed by atoms with Crippen LogP contribution in [0.2, 0.25) is 0 Å². The SMILES string of the molecule is CC(C)(C)c1cc(NC(=O)Oc2ccccc2)n(-c2ccc(=O)[nH]c2)n1. The monoisotopic (exact) mass is 352 g/mol. The maximum Gasteiger partial charge on any atom is 0.418 e. The number of carbonyl (C=O) groups is 1. The molecular weight excluding hydrogens is 332 g/mol. The summed E-state index contributed by atoms with van der Waals surface area (Å²) in [5, 5.41) is 7.28. The Morgan fingerprint density at radius 2 is 1.88 bits per heavy atom. The first-order valence-electron chi connectivity index (χ1n) is 8.16. The molecule has 134 valence electrons. The molecule has 0 saturated carbocycles. The van der Waals surface area contributed by atoms with Crippen molar-refractivity contribution in [3.8, 4) is 11.4 Å². The zero-order valence-electron chi connectivity index (χ0n) is 14.8. The molecule has 0 bridgehead atoms. The van der Waals surface area contributed by atoms with Gasteiger partial charge in [0.2, 0.25) is 5.56 Å². The number of amides is 1. The number of rotatable bonds is 3. The van der Waals surface area contributed by atoms with E-state index in [1.54, 1.807) is 41.1 Å². The average molecular weight is 352 g/mol. The van der Waals surface area contributed by atoms with Crippen molar-refractivity contribution in [2.75, 3.05) is 5.32 Å². The molecule has 1 amide bonds. The lowest BCUT2D eigenvalue weighted by molar-refractivity contribution is 0.215. The van der Waals surface area contributed by atoms with Gasteiger partial charge in [0.1, 0.15) is 11.6 Å². The minimum atomic E-state index is -0.623. The van der Waals surface area contributed by atoms with Gasteiger partial charge in [-0.25, -0.2) is 9.48 Å². The third kappa shape index (κ3) is 4.00. The molecule has 0 aliphatic heterocycles. The highest BCUT2D eigenvalue weighted by Crippen LogP contribution is 2.26. The fourth-order valence-electron chi connectivity index (χ4n) is 2.29. The summed E-state index contributed by atoms with van der Waals surface area (Å²) >= 11 is 0. The van der Waals surface area contributed by atoms with Crippen molar-refractivity contribution in [3.63, 3.8) is 0 Å².